The molecule has 8 saturated carbocycles. The topological polar surface area (TPSA) is 52.6 Å². The van der Waals surface area contributed by atoms with Crippen molar-refractivity contribution in [3.63, 3.8) is 0 Å². The van der Waals surface area contributed by atoms with Gasteiger partial charge in [-0.2, -0.15) is 0 Å². The minimum absolute atomic E-state index is 0.0616. The van der Waals surface area contributed by atoms with Crippen LogP contribution in [-0.2, 0) is 19.1 Å². The Hall–Kier alpha value is -1.06. The SMILES string of the molecule is CCCCC(C)(OC(=O)C12CC3CC(CC(C3)C1)C2)OC(=O)C12CC3CC(CC(C3)C1)C2. The van der Waals surface area contributed by atoms with Crippen molar-refractivity contribution in [2.45, 2.75) is 116 Å². The maximum Gasteiger partial charge on any atom is 0.315 e. The molecular formula is C28H42O4. The summed E-state index contributed by atoms with van der Waals surface area (Å²) >= 11 is 0. The van der Waals surface area contributed by atoms with Crippen LogP contribution in [0.25, 0.3) is 0 Å². The molecule has 0 heterocycles. The van der Waals surface area contributed by atoms with Crippen molar-refractivity contribution >= 4 is 11.9 Å². The van der Waals surface area contributed by atoms with Crippen LogP contribution in [0.2, 0.25) is 0 Å². The second kappa shape index (κ2) is 7.47. The molecule has 0 amide bonds. The number of rotatable bonds is 7. The highest BCUT2D eigenvalue weighted by atomic mass is 16.7. The van der Waals surface area contributed by atoms with Crippen molar-refractivity contribution < 1.29 is 19.1 Å². The van der Waals surface area contributed by atoms with E-state index in [0.29, 0.717) is 41.9 Å². The van der Waals surface area contributed by atoms with Gasteiger partial charge in [0.15, 0.2) is 0 Å². The minimum atomic E-state index is -1.11. The van der Waals surface area contributed by atoms with Crippen LogP contribution in [-0.4, -0.2) is 17.7 Å². The molecule has 0 spiro atoms. The molecule has 8 aliphatic rings. The molecule has 4 nitrogen and oxygen atoms in total. The minimum Gasteiger partial charge on any atom is -0.422 e. The van der Waals surface area contributed by atoms with Crippen LogP contribution in [0.1, 0.15) is 110 Å². The normalized spacial score (nSPS) is 47.3. The first kappa shape index (κ1) is 21.5. The summed E-state index contributed by atoms with van der Waals surface area (Å²) in [6.07, 6.45) is 16.3. The maximum absolute atomic E-state index is 13.7. The number of carbonyl (C=O) groups is 2. The molecule has 32 heavy (non-hydrogen) atoms. The lowest BCUT2D eigenvalue weighted by Gasteiger charge is -2.56. The van der Waals surface area contributed by atoms with Gasteiger partial charge in [-0.3, -0.25) is 9.59 Å². The first-order valence-corrected chi connectivity index (χ1v) is 13.8. The van der Waals surface area contributed by atoms with E-state index in [4.69, 9.17) is 9.47 Å². The second-order valence-electron chi connectivity index (χ2n) is 13.4. The maximum atomic E-state index is 13.7. The first-order valence-electron chi connectivity index (χ1n) is 13.8. The Morgan fingerprint density at radius 1 is 0.688 bits per heavy atom. The predicted molar refractivity (Wildman–Crippen MR) is 121 cm³/mol. The number of ether oxygens (including phenoxy) is 2. The Morgan fingerprint density at radius 2 is 1.00 bits per heavy atom. The fraction of sp³-hybridized carbons (Fsp3) is 0.929. The van der Waals surface area contributed by atoms with Crippen molar-refractivity contribution in [2.75, 3.05) is 0 Å². The van der Waals surface area contributed by atoms with Gasteiger partial charge >= 0.3 is 11.9 Å². The average molecular weight is 443 g/mol. The number of hydrogen-bond donors (Lipinski definition) is 0. The summed E-state index contributed by atoms with van der Waals surface area (Å²) in [4.78, 5) is 27.4. The third-order valence-corrected chi connectivity index (χ3v) is 10.5. The van der Waals surface area contributed by atoms with Crippen molar-refractivity contribution in [2.24, 2.45) is 46.3 Å². The van der Waals surface area contributed by atoms with Gasteiger partial charge in [0.1, 0.15) is 0 Å². The molecule has 0 radical (unpaired) electrons. The highest BCUT2D eigenvalue weighted by Crippen LogP contribution is 2.62. The second-order valence-corrected chi connectivity index (χ2v) is 13.4. The molecule has 178 valence electrons. The zero-order valence-corrected chi connectivity index (χ0v) is 20.2. The number of hydrogen-bond acceptors (Lipinski definition) is 4. The number of unbranched alkanes of at least 4 members (excludes halogenated alkanes) is 1. The molecule has 8 rings (SSSR count). The summed E-state index contributed by atoms with van der Waals surface area (Å²) in [5.74, 6) is 2.96. The van der Waals surface area contributed by atoms with E-state index in [1.165, 1.54) is 38.5 Å². The van der Waals surface area contributed by atoms with Gasteiger partial charge in [0, 0.05) is 13.3 Å². The first-order chi connectivity index (χ1) is 15.3. The van der Waals surface area contributed by atoms with Crippen LogP contribution in [0.15, 0.2) is 0 Å². The smallest absolute Gasteiger partial charge is 0.315 e. The fourth-order valence-corrected chi connectivity index (χ4v) is 9.95. The lowest BCUT2D eigenvalue weighted by molar-refractivity contribution is -0.248. The number of carbonyl (C=O) groups excluding carboxylic acids is 2. The summed E-state index contributed by atoms with van der Waals surface area (Å²) < 4.78 is 12.6. The molecule has 8 fully saturated rings. The monoisotopic (exact) mass is 442 g/mol. The van der Waals surface area contributed by atoms with Gasteiger partial charge in [-0.1, -0.05) is 13.3 Å². The average Bonchev–Trinajstić information content (AvgIpc) is 2.70. The van der Waals surface area contributed by atoms with Crippen LogP contribution in [0, 0.1) is 46.3 Å². The zero-order valence-electron chi connectivity index (χ0n) is 20.2. The van der Waals surface area contributed by atoms with Crippen molar-refractivity contribution in [3.8, 4) is 0 Å². The molecule has 0 aromatic carbocycles. The third kappa shape index (κ3) is 3.54. The van der Waals surface area contributed by atoms with Crippen molar-refractivity contribution in [1.82, 2.24) is 0 Å². The molecule has 0 saturated heterocycles. The quantitative estimate of drug-likeness (QED) is 0.337. The Morgan fingerprint density at radius 3 is 1.28 bits per heavy atom. The van der Waals surface area contributed by atoms with Gasteiger partial charge in [0.05, 0.1) is 10.8 Å². The summed E-state index contributed by atoms with van der Waals surface area (Å²) in [6, 6.07) is 0. The molecule has 0 aromatic heterocycles. The zero-order chi connectivity index (χ0) is 22.1. The van der Waals surface area contributed by atoms with E-state index >= 15 is 0 Å². The summed E-state index contributed by atoms with van der Waals surface area (Å²) in [5, 5.41) is 0. The lowest BCUT2D eigenvalue weighted by atomic mass is 9.49. The Balaban J connectivity index is 1.19. The third-order valence-electron chi connectivity index (χ3n) is 10.5. The standard InChI is InChI=1S/C28H42O4/c1-3-4-5-26(2,31-24(29)27-12-18-6-19(13-27)8-20(7-18)14-27)32-25(30)28-15-21-9-22(16-28)11-23(10-21)17-28/h18-23H,3-17H2,1-2H3. The Bertz CT molecular complexity index is 654. The van der Waals surface area contributed by atoms with Gasteiger partial charge in [0.2, 0.25) is 0 Å². The van der Waals surface area contributed by atoms with E-state index in [9.17, 15) is 9.59 Å². The Kier molecular flexibility index (Phi) is 5.01. The van der Waals surface area contributed by atoms with E-state index < -0.39 is 5.79 Å². The van der Waals surface area contributed by atoms with Crippen LogP contribution in [0.3, 0.4) is 0 Å². The molecule has 8 aliphatic carbocycles. The largest absolute Gasteiger partial charge is 0.422 e. The molecule has 0 aliphatic heterocycles. The molecule has 0 atom stereocenters. The summed E-state index contributed by atoms with van der Waals surface area (Å²) in [6.45, 7) is 4.02. The lowest BCUT2D eigenvalue weighted by Crippen LogP contribution is -2.55. The van der Waals surface area contributed by atoms with E-state index in [-0.39, 0.29) is 22.8 Å². The van der Waals surface area contributed by atoms with E-state index in [2.05, 4.69) is 6.92 Å². The van der Waals surface area contributed by atoms with Crippen LogP contribution in [0.5, 0.6) is 0 Å². The predicted octanol–water partition coefficient (Wildman–Crippen LogP) is 6.41. The molecule has 0 N–H and O–H groups in total. The van der Waals surface area contributed by atoms with Crippen molar-refractivity contribution in [1.29, 1.82) is 0 Å². The van der Waals surface area contributed by atoms with Gasteiger partial charge in [-0.25, -0.2) is 0 Å². The van der Waals surface area contributed by atoms with Gasteiger partial charge in [-0.15, -0.1) is 0 Å². The molecule has 8 bridgehead atoms. The van der Waals surface area contributed by atoms with Crippen molar-refractivity contribution in [3.05, 3.63) is 0 Å². The fourth-order valence-electron chi connectivity index (χ4n) is 9.95. The van der Waals surface area contributed by atoms with Crippen LogP contribution in [0.4, 0.5) is 0 Å². The van der Waals surface area contributed by atoms with Crippen LogP contribution >= 0.6 is 0 Å². The molecule has 0 unspecified atom stereocenters. The highest BCUT2D eigenvalue weighted by molar-refractivity contribution is 5.80. The summed E-state index contributed by atoms with van der Waals surface area (Å²) in [5.41, 5.74) is -0.620. The molecular weight excluding hydrogens is 400 g/mol. The van der Waals surface area contributed by atoms with Gasteiger partial charge < -0.3 is 9.47 Å². The molecule has 4 heteroatoms. The van der Waals surface area contributed by atoms with E-state index in [0.717, 1.165) is 51.4 Å². The van der Waals surface area contributed by atoms with Gasteiger partial charge in [-0.05, 0) is 119 Å². The van der Waals surface area contributed by atoms with E-state index in [1.807, 2.05) is 6.92 Å². The highest BCUT2D eigenvalue weighted by Gasteiger charge is 2.59. The molecule has 0 aromatic rings. The number of esters is 2. The van der Waals surface area contributed by atoms with Crippen LogP contribution < -0.4 is 0 Å². The van der Waals surface area contributed by atoms with E-state index in [1.54, 1.807) is 0 Å². The summed E-state index contributed by atoms with van der Waals surface area (Å²) in [7, 11) is 0. The Labute approximate surface area is 193 Å². The van der Waals surface area contributed by atoms with Gasteiger partial charge in [0.25, 0.3) is 5.79 Å².